The predicted molar refractivity (Wildman–Crippen MR) is 79.2 cm³/mol. The molecule has 0 bridgehead atoms. The monoisotopic (exact) mass is 294 g/mol. The highest BCUT2D eigenvalue weighted by molar-refractivity contribution is 7.90. The number of nitrogens with one attached hydrogen (secondary N) is 2. The number of hydrogen-bond donors (Lipinski definition) is 2. The summed E-state index contributed by atoms with van der Waals surface area (Å²) in [6, 6.07) is 7.97. The number of carbonyl (C=O) groups excluding carboxylic acids is 1. The van der Waals surface area contributed by atoms with Crippen molar-refractivity contribution in [3.63, 3.8) is 0 Å². The van der Waals surface area contributed by atoms with E-state index in [1.165, 1.54) is 0 Å². The van der Waals surface area contributed by atoms with Crippen LogP contribution in [0, 0.1) is 6.92 Å². The summed E-state index contributed by atoms with van der Waals surface area (Å²) in [5.41, 5.74) is 3.15. The Morgan fingerprint density at radius 3 is 2.75 bits per heavy atom. The molecule has 5 nitrogen and oxygen atoms in total. The first-order valence-corrected chi connectivity index (χ1v) is 8.42. The molecule has 0 aliphatic carbocycles. The summed E-state index contributed by atoms with van der Waals surface area (Å²) in [4.78, 5) is 14.8. The lowest BCUT2D eigenvalue weighted by atomic mass is 10.1. The Bertz CT molecular complexity index is 732. The maximum absolute atomic E-state index is 11.5. The smallest absolute Gasteiger partial charge is 0.221 e. The topological polar surface area (TPSA) is 79.0 Å². The van der Waals surface area contributed by atoms with Gasteiger partial charge in [0.25, 0.3) is 0 Å². The molecular weight excluding hydrogens is 276 g/mol. The number of H-pyrrole nitrogens is 1. The number of aryl methyl sites for hydroxylation is 1. The molecule has 20 heavy (non-hydrogen) atoms. The van der Waals surface area contributed by atoms with Crippen LogP contribution in [0.5, 0.6) is 0 Å². The minimum absolute atomic E-state index is 0.00431. The van der Waals surface area contributed by atoms with Gasteiger partial charge in [-0.2, -0.15) is 0 Å². The van der Waals surface area contributed by atoms with Crippen molar-refractivity contribution in [2.75, 3.05) is 12.0 Å². The zero-order valence-corrected chi connectivity index (χ0v) is 12.4. The van der Waals surface area contributed by atoms with Gasteiger partial charge < -0.3 is 10.3 Å². The van der Waals surface area contributed by atoms with Gasteiger partial charge in [-0.05, 0) is 36.1 Å². The average Bonchev–Trinajstić information content (AvgIpc) is 2.72. The molecule has 6 heteroatoms. The van der Waals surface area contributed by atoms with Crippen molar-refractivity contribution >= 4 is 26.6 Å². The van der Waals surface area contributed by atoms with Crippen molar-refractivity contribution in [3.8, 4) is 0 Å². The third-order valence-corrected chi connectivity index (χ3v) is 3.96. The Morgan fingerprint density at radius 1 is 1.30 bits per heavy atom. The second-order valence-corrected chi connectivity index (χ2v) is 7.29. The molecule has 0 fully saturated rings. The quantitative estimate of drug-likeness (QED) is 0.877. The van der Waals surface area contributed by atoms with Crippen molar-refractivity contribution in [2.45, 2.75) is 19.9 Å². The van der Waals surface area contributed by atoms with Crippen molar-refractivity contribution < 1.29 is 13.2 Å². The molecule has 0 atom stereocenters. The SMILES string of the molecule is Cc1cc2cc(CNC(=O)CCS(C)(=O)=O)ccc2[nH]1. The van der Waals surface area contributed by atoms with Gasteiger partial charge in [0.15, 0.2) is 0 Å². The Balaban J connectivity index is 1.93. The first kappa shape index (κ1) is 14.6. The highest BCUT2D eigenvalue weighted by Crippen LogP contribution is 2.16. The van der Waals surface area contributed by atoms with E-state index in [0.29, 0.717) is 6.54 Å². The van der Waals surface area contributed by atoms with E-state index in [-0.39, 0.29) is 18.1 Å². The average molecular weight is 294 g/mol. The number of hydrogen-bond acceptors (Lipinski definition) is 3. The molecule has 0 saturated carbocycles. The number of aromatic amines is 1. The first-order chi connectivity index (χ1) is 9.33. The fraction of sp³-hybridized carbons (Fsp3) is 0.357. The molecule has 0 unspecified atom stereocenters. The maximum atomic E-state index is 11.5. The van der Waals surface area contributed by atoms with Crippen LogP contribution in [0.1, 0.15) is 17.7 Å². The van der Waals surface area contributed by atoms with Crippen LogP contribution in [-0.4, -0.2) is 31.3 Å². The molecular formula is C14H18N2O3S. The molecule has 0 aliphatic rings. The molecule has 0 spiro atoms. The molecule has 2 N–H and O–H groups in total. The Hall–Kier alpha value is -1.82. The number of fused-ring (bicyclic) bond motifs is 1. The van der Waals surface area contributed by atoms with E-state index in [0.717, 1.165) is 28.4 Å². The Morgan fingerprint density at radius 2 is 2.05 bits per heavy atom. The van der Waals surface area contributed by atoms with Gasteiger partial charge in [0, 0.05) is 30.4 Å². The second kappa shape index (κ2) is 5.66. The molecule has 1 heterocycles. The van der Waals surface area contributed by atoms with E-state index in [9.17, 15) is 13.2 Å². The van der Waals surface area contributed by atoms with E-state index >= 15 is 0 Å². The molecule has 0 saturated heterocycles. The van der Waals surface area contributed by atoms with E-state index in [1.807, 2.05) is 31.2 Å². The van der Waals surface area contributed by atoms with Crippen LogP contribution in [0.25, 0.3) is 10.9 Å². The number of amides is 1. The molecule has 1 amide bonds. The van der Waals surface area contributed by atoms with E-state index in [2.05, 4.69) is 10.3 Å². The highest BCUT2D eigenvalue weighted by Gasteiger charge is 2.08. The summed E-state index contributed by atoms with van der Waals surface area (Å²) in [6.45, 7) is 2.40. The van der Waals surface area contributed by atoms with Crippen LogP contribution in [-0.2, 0) is 21.2 Å². The lowest BCUT2D eigenvalue weighted by Crippen LogP contribution is -2.24. The molecule has 108 valence electrons. The number of carbonyl (C=O) groups is 1. The first-order valence-electron chi connectivity index (χ1n) is 6.36. The number of rotatable bonds is 5. The zero-order valence-electron chi connectivity index (χ0n) is 11.6. The van der Waals surface area contributed by atoms with Crippen molar-refractivity contribution in [2.24, 2.45) is 0 Å². The number of benzene rings is 1. The lowest BCUT2D eigenvalue weighted by Gasteiger charge is -2.05. The number of sulfone groups is 1. The van der Waals surface area contributed by atoms with Gasteiger partial charge >= 0.3 is 0 Å². The van der Waals surface area contributed by atoms with E-state index < -0.39 is 9.84 Å². The minimum atomic E-state index is -3.09. The summed E-state index contributed by atoms with van der Waals surface area (Å²) in [5, 5.41) is 3.83. The maximum Gasteiger partial charge on any atom is 0.221 e. The third-order valence-electron chi connectivity index (χ3n) is 3.01. The Kier molecular flexibility index (Phi) is 4.13. The van der Waals surface area contributed by atoms with Crippen LogP contribution < -0.4 is 5.32 Å². The van der Waals surface area contributed by atoms with Gasteiger partial charge in [-0.15, -0.1) is 0 Å². The van der Waals surface area contributed by atoms with Gasteiger partial charge in [0.2, 0.25) is 5.91 Å². The summed E-state index contributed by atoms with van der Waals surface area (Å²) >= 11 is 0. The minimum Gasteiger partial charge on any atom is -0.359 e. The molecule has 0 radical (unpaired) electrons. The summed E-state index contributed by atoms with van der Waals surface area (Å²) < 4.78 is 22.0. The van der Waals surface area contributed by atoms with E-state index in [4.69, 9.17) is 0 Å². The van der Waals surface area contributed by atoms with Crippen LogP contribution in [0.4, 0.5) is 0 Å². The predicted octanol–water partition coefficient (Wildman–Crippen LogP) is 1.53. The summed E-state index contributed by atoms with van der Waals surface area (Å²) in [5.74, 6) is -0.365. The van der Waals surface area contributed by atoms with Crippen molar-refractivity contribution in [1.82, 2.24) is 10.3 Å². The standard InChI is InChI=1S/C14H18N2O3S/c1-10-7-12-8-11(3-4-13(12)16-10)9-15-14(17)5-6-20(2,18)19/h3-4,7-8,16H,5-6,9H2,1-2H3,(H,15,17). The van der Waals surface area contributed by atoms with Crippen LogP contribution in [0.3, 0.4) is 0 Å². The normalized spacial score (nSPS) is 11.7. The fourth-order valence-electron chi connectivity index (χ4n) is 2.00. The lowest BCUT2D eigenvalue weighted by molar-refractivity contribution is -0.120. The molecule has 1 aromatic carbocycles. The van der Waals surface area contributed by atoms with Gasteiger partial charge in [-0.1, -0.05) is 6.07 Å². The molecule has 2 aromatic rings. The van der Waals surface area contributed by atoms with Crippen molar-refractivity contribution in [3.05, 3.63) is 35.5 Å². The molecule has 2 rings (SSSR count). The summed E-state index contributed by atoms with van der Waals surface area (Å²) in [6.07, 6.45) is 1.13. The fourth-order valence-corrected chi connectivity index (χ4v) is 2.56. The summed E-state index contributed by atoms with van der Waals surface area (Å²) in [7, 11) is -3.09. The second-order valence-electron chi connectivity index (χ2n) is 5.03. The van der Waals surface area contributed by atoms with Crippen LogP contribution in [0.2, 0.25) is 0 Å². The number of aromatic nitrogens is 1. The van der Waals surface area contributed by atoms with Gasteiger partial charge in [-0.3, -0.25) is 4.79 Å². The van der Waals surface area contributed by atoms with Crippen LogP contribution >= 0.6 is 0 Å². The van der Waals surface area contributed by atoms with E-state index in [1.54, 1.807) is 0 Å². The largest absolute Gasteiger partial charge is 0.359 e. The van der Waals surface area contributed by atoms with Gasteiger partial charge in [-0.25, -0.2) is 8.42 Å². The molecule has 0 aliphatic heterocycles. The third kappa shape index (κ3) is 4.09. The van der Waals surface area contributed by atoms with Gasteiger partial charge in [0.05, 0.1) is 5.75 Å². The Labute approximate surface area is 118 Å². The molecule has 1 aromatic heterocycles. The van der Waals surface area contributed by atoms with Gasteiger partial charge in [0.1, 0.15) is 9.84 Å². The van der Waals surface area contributed by atoms with Crippen LogP contribution in [0.15, 0.2) is 24.3 Å². The highest BCUT2D eigenvalue weighted by atomic mass is 32.2. The van der Waals surface area contributed by atoms with Crippen molar-refractivity contribution in [1.29, 1.82) is 0 Å². The zero-order chi connectivity index (χ0) is 14.8.